The van der Waals surface area contributed by atoms with Gasteiger partial charge in [0.2, 0.25) is 5.91 Å². The lowest BCUT2D eigenvalue weighted by Gasteiger charge is -2.32. The molecule has 23 heavy (non-hydrogen) atoms. The third-order valence-corrected chi connectivity index (χ3v) is 5.37. The predicted octanol–water partition coefficient (Wildman–Crippen LogP) is 2.78. The van der Waals surface area contributed by atoms with E-state index in [1.165, 1.54) is 38.8 Å². The summed E-state index contributed by atoms with van der Waals surface area (Å²) in [4.78, 5) is 14.8. The minimum atomic E-state index is 0.141. The van der Waals surface area contributed by atoms with E-state index in [1.807, 2.05) is 13.8 Å². The second kappa shape index (κ2) is 7.04. The van der Waals surface area contributed by atoms with E-state index in [1.54, 1.807) is 0 Å². The summed E-state index contributed by atoms with van der Waals surface area (Å²) in [5, 5.41) is 7.11. The maximum absolute atomic E-state index is 12.2. The number of rotatable bonds is 6. The second-order valence-electron chi connectivity index (χ2n) is 7.36. The largest absolute Gasteiger partial charge is 0.361 e. The van der Waals surface area contributed by atoms with E-state index in [-0.39, 0.29) is 11.8 Å². The van der Waals surface area contributed by atoms with Crippen LogP contribution >= 0.6 is 0 Å². The first-order valence-corrected chi connectivity index (χ1v) is 8.98. The molecule has 1 atom stereocenters. The third kappa shape index (κ3) is 4.14. The van der Waals surface area contributed by atoms with Gasteiger partial charge in [-0.25, -0.2) is 0 Å². The van der Waals surface area contributed by atoms with Crippen LogP contribution in [-0.2, 0) is 4.79 Å². The molecule has 1 aromatic heterocycles. The molecule has 2 fully saturated rings. The Bertz CT molecular complexity index is 523. The molecule has 1 amide bonds. The highest BCUT2D eigenvalue weighted by atomic mass is 16.5. The molecule has 1 N–H and O–H groups in total. The topological polar surface area (TPSA) is 58.4 Å². The van der Waals surface area contributed by atoms with Crippen molar-refractivity contribution < 1.29 is 9.32 Å². The molecular weight excluding hydrogens is 290 g/mol. The number of hydrogen-bond acceptors (Lipinski definition) is 4. The van der Waals surface area contributed by atoms with Crippen molar-refractivity contribution in [1.29, 1.82) is 0 Å². The molecule has 1 saturated heterocycles. The molecule has 2 heterocycles. The van der Waals surface area contributed by atoms with Crippen LogP contribution in [0, 0.1) is 19.8 Å². The summed E-state index contributed by atoms with van der Waals surface area (Å²) in [6.45, 7) is 9.17. The second-order valence-corrected chi connectivity index (χ2v) is 7.36. The standard InChI is InChI=1S/C18H29N3O2/c1-12(18-13(2)20-23-14(18)3)10-17(22)19-11-15-6-8-21(9-7-15)16-4-5-16/h12,15-16H,4-11H2,1-3H3,(H,19,22). The fraction of sp³-hybridized carbons (Fsp3) is 0.778. The zero-order chi connectivity index (χ0) is 16.4. The van der Waals surface area contributed by atoms with Crippen LogP contribution in [0.4, 0.5) is 0 Å². The van der Waals surface area contributed by atoms with E-state index in [4.69, 9.17) is 4.52 Å². The van der Waals surface area contributed by atoms with Gasteiger partial charge in [-0.05, 0) is 64.5 Å². The normalized spacial score (nSPS) is 21.3. The lowest BCUT2D eigenvalue weighted by molar-refractivity contribution is -0.121. The van der Waals surface area contributed by atoms with Crippen molar-refractivity contribution >= 4 is 5.91 Å². The number of piperidine rings is 1. The Morgan fingerprint density at radius 3 is 2.57 bits per heavy atom. The van der Waals surface area contributed by atoms with Gasteiger partial charge in [0.15, 0.2) is 0 Å². The third-order valence-electron chi connectivity index (χ3n) is 5.37. The summed E-state index contributed by atoms with van der Waals surface area (Å²) < 4.78 is 5.20. The number of aromatic nitrogens is 1. The maximum Gasteiger partial charge on any atom is 0.220 e. The summed E-state index contributed by atoms with van der Waals surface area (Å²) in [5.41, 5.74) is 1.98. The van der Waals surface area contributed by atoms with Crippen LogP contribution in [0.3, 0.4) is 0 Å². The molecule has 1 aliphatic heterocycles. The van der Waals surface area contributed by atoms with Crippen LogP contribution in [0.1, 0.15) is 62.0 Å². The van der Waals surface area contributed by atoms with E-state index in [0.717, 1.165) is 29.6 Å². The Morgan fingerprint density at radius 2 is 2.00 bits per heavy atom. The van der Waals surface area contributed by atoms with Gasteiger partial charge in [-0.15, -0.1) is 0 Å². The first-order chi connectivity index (χ1) is 11.0. The zero-order valence-corrected chi connectivity index (χ0v) is 14.6. The number of aryl methyl sites for hydroxylation is 2. The Balaban J connectivity index is 1.39. The van der Waals surface area contributed by atoms with Crippen molar-refractivity contribution in [3.8, 4) is 0 Å². The number of carbonyl (C=O) groups excluding carboxylic acids is 1. The highest BCUT2D eigenvalue weighted by Crippen LogP contribution is 2.30. The summed E-state index contributed by atoms with van der Waals surface area (Å²) in [5.74, 6) is 1.76. The summed E-state index contributed by atoms with van der Waals surface area (Å²) in [7, 11) is 0. The van der Waals surface area contributed by atoms with Crippen molar-refractivity contribution in [3.63, 3.8) is 0 Å². The molecule has 2 aliphatic rings. The molecule has 0 bridgehead atoms. The zero-order valence-electron chi connectivity index (χ0n) is 14.6. The predicted molar refractivity (Wildman–Crippen MR) is 89.3 cm³/mol. The van der Waals surface area contributed by atoms with Gasteiger partial charge in [0.25, 0.3) is 0 Å². The van der Waals surface area contributed by atoms with Crippen molar-refractivity contribution in [2.45, 2.75) is 64.8 Å². The molecule has 0 spiro atoms. The van der Waals surface area contributed by atoms with E-state index in [0.29, 0.717) is 12.3 Å². The first-order valence-electron chi connectivity index (χ1n) is 8.98. The van der Waals surface area contributed by atoms with Crippen molar-refractivity contribution in [2.75, 3.05) is 19.6 Å². The lowest BCUT2D eigenvalue weighted by atomic mass is 9.94. The molecule has 0 radical (unpaired) electrons. The number of likely N-dealkylation sites (tertiary alicyclic amines) is 1. The Labute approximate surface area is 138 Å². The van der Waals surface area contributed by atoms with Crippen LogP contribution in [0.15, 0.2) is 4.52 Å². The van der Waals surface area contributed by atoms with Gasteiger partial charge in [-0.3, -0.25) is 4.79 Å². The number of nitrogens with zero attached hydrogens (tertiary/aromatic N) is 2. The molecule has 1 aromatic rings. The number of nitrogens with one attached hydrogen (secondary N) is 1. The van der Waals surface area contributed by atoms with Crippen LogP contribution in [0.25, 0.3) is 0 Å². The molecule has 1 aliphatic carbocycles. The molecule has 5 nitrogen and oxygen atoms in total. The van der Waals surface area contributed by atoms with E-state index < -0.39 is 0 Å². The minimum Gasteiger partial charge on any atom is -0.361 e. The fourth-order valence-electron chi connectivity index (χ4n) is 3.87. The van der Waals surface area contributed by atoms with Crippen LogP contribution < -0.4 is 5.32 Å². The molecule has 1 unspecified atom stereocenters. The van der Waals surface area contributed by atoms with Gasteiger partial charge < -0.3 is 14.7 Å². The number of carbonyl (C=O) groups is 1. The number of amides is 1. The molecular formula is C18H29N3O2. The smallest absolute Gasteiger partial charge is 0.220 e. The Morgan fingerprint density at radius 1 is 1.30 bits per heavy atom. The van der Waals surface area contributed by atoms with Gasteiger partial charge in [0.05, 0.1) is 5.69 Å². The average molecular weight is 319 g/mol. The van der Waals surface area contributed by atoms with Gasteiger partial charge >= 0.3 is 0 Å². The Hall–Kier alpha value is -1.36. The summed E-state index contributed by atoms with van der Waals surface area (Å²) in [6, 6.07) is 0.876. The molecule has 5 heteroatoms. The Kier molecular flexibility index (Phi) is 5.05. The molecule has 1 saturated carbocycles. The van der Waals surface area contributed by atoms with Gasteiger partial charge in [0.1, 0.15) is 5.76 Å². The number of hydrogen-bond donors (Lipinski definition) is 1. The van der Waals surface area contributed by atoms with Crippen molar-refractivity contribution in [3.05, 3.63) is 17.0 Å². The highest BCUT2D eigenvalue weighted by Gasteiger charge is 2.31. The maximum atomic E-state index is 12.2. The fourth-order valence-corrected chi connectivity index (χ4v) is 3.87. The summed E-state index contributed by atoms with van der Waals surface area (Å²) in [6.07, 6.45) is 5.72. The van der Waals surface area contributed by atoms with Crippen molar-refractivity contribution in [2.24, 2.45) is 5.92 Å². The van der Waals surface area contributed by atoms with E-state index >= 15 is 0 Å². The average Bonchev–Trinajstić information content (AvgIpc) is 3.31. The van der Waals surface area contributed by atoms with Gasteiger partial charge in [-0.2, -0.15) is 0 Å². The SMILES string of the molecule is Cc1noc(C)c1C(C)CC(=O)NCC1CCN(C2CC2)CC1. The van der Waals surface area contributed by atoms with Gasteiger partial charge in [0, 0.05) is 24.6 Å². The molecule has 0 aromatic carbocycles. The summed E-state index contributed by atoms with van der Waals surface area (Å²) >= 11 is 0. The molecule has 128 valence electrons. The monoisotopic (exact) mass is 319 g/mol. The van der Waals surface area contributed by atoms with Crippen LogP contribution in [0.5, 0.6) is 0 Å². The van der Waals surface area contributed by atoms with Crippen LogP contribution in [0.2, 0.25) is 0 Å². The van der Waals surface area contributed by atoms with Crippen molar-refractivity contribution in [1.82, 2.24) is 15.4 Å². The van der Waals surface area contributed by atoms with Crippen LogP contribution in [-0.4, -0.2) is 41.6 Å². The minimum absolute atomic E-state index is 0.141. The quantitative estimate of drug-likeness (QED) is 0.876. The first kappa shape index (κ1) is 16.5. The van der Waals surface area contributed by atoms with E-state index in [9.17, 15) is 4.79 Å². The molecule has 3 rings (SSSR count). The highest BCUT2D eigenvalue weighted by molar-refractivity contribution is 5.76. The lowest BCUT2D eigenvalue weighted by Crippen LogP contribution is -2.39. The van der Waals surface area contributed by atoms with Gasteiger partial charge in [-0.1, -0.05) is 12.1 Å². The van der Waals surface area contributed by atoms with E-state index in [2.05, 4.69) is 22.3 Å².